The SMILES string of the molecule is CC(C)(C)c1ccc(N(c2ccccc2)c2ccc3c(C(C)(C)C)c4ccc(N(c5ccccc5)c5ccc(C(C)(C)C)cc5)cc4c(C(C)(C)C)c3c2)cc1. The maximum absolute atomic E-state index is 2.46. The zero-order valence-electron chi connectivity index (χ0n) is 35.8. The quantitative estimate of drug-likeness (QED) is 0.157. The first-order valence-electron chi connectivity index (χ1n) is 20.3. The molecule has 2 heteroatoms. The van der Waals surface area contributed by atoms with Crippen molar-refractivity contribution in [3.05, 3.63) is 168 Å². The summed E-state index contributed by atoms with van der Waals surface area (Å²) in [4.78, 5) is 4.82. The molecule has 0 aliphatic rings. The molecule has 0 amide bonds. The van der Waals surface area contributed by atoms with Crippen molar-refractivity contribution in [2.45, 2.75) is 105 Å². The van der Waals surface area contributed by atoms with E-state index in [9.17, 15) is 0 Å². The van der Waals surface area contributed by atoms with Gasteiger partial charge in [0.2, 0.25) is 0 Å². The summed E-state index contributed by atoms with van der Waals surface area (Å²) in [6.07, 6.45) is 0. The summed E-state index contributed by atoms with van der Waals surface area (Å²) in [6, 6.07) is 54.2. The van der Waals surface area contributed by atoms with E-state index < -0.39 is 0 Å². The lowest BCUT2D eigenvalue weighted by Crippen LogP contribution is -2.19. The summed E-state index contributed by atoms with van der Waals surface area (Å²) in [5, 5.41) is 5.25. The van der Waals surface area contributed by atoms with Crippen molar-refractivity contribution < 1.29 is 0 Å². The second-order valence-electron chi connectivity index (χ2n) is 19.6. The molecule has 0 saturated carbocycles. The van der Waals surface area contributed by atoms with Crippen molar-refractivity contribution in [3.63, 3.8) is 0 Å². The van der Waals surface area contributed by atoms with Gasteiger partial charge in [-0.1, -0.05) is 156 Å². The monoisotopic (exact) mass is 736 g/mol. The fourth-order valence-electron chi connectivity index (χ4n) is 8.37. The van der Waals surface area contributed by atoms with E-state index in [2.05, 4.69) is 238 Å². The molecule has 286 valence electrons. The van der Waals surface area contributed by atoms with Gasteiger partial charge < -0.3 is 9.80 Å². The molecule has 7 rings (SSSR count). The van der Waals surface area contributed by atoms with Crippen molar-refractivity contribution in [3.8, 4) is 0 Å². The maximum Gasteiger partial charge on any atom is 0.0468 e. The molecule has 0 saturated heterocycles. The van der Waals surface area contributed by atoms with Gasteiger partial charge in [-0.2, -0.15) is 0 Å². The van der Waals surface area contributed by atoms with Gasteiger partial charge in [0.1, 0.15) is 0 Å². The zero-order chi connectivity index (χ0) is 40.2. The third-order valence-electron chi connectivity index (χ3n) is 11.1. The zero-order valence-corrected chi connectivity index (χ0v) is 35.8. The maximum atomic E-state index is 2.46. The number of anilines is 6. The molecule has 0 aromatic heterocycles. The normalized spacial score (nSPS) is 12.6. The lowest BCUT2D eigenvalue weighted by Gasteiger charge is -2.33. The van der Waals surface area contributed by atoms with E-state index in [4.69, 9.17) is 0 Å². The van der Waals surface area contributed by atoms with Crippen LogP contribution in [0.2, 0.25) is 0 Å². The van der Waals surface area contributed by atoms with Crippen LogP contribution in [0.15, 0.2) is 146 Å². The first-order chi connectivity index (χ1) is 26.3. The molecule has 7 aromatic rings. The highest BCUT2D eigenvalue weighted by Gasteiger charge is 2.29. The molecule has 56 heavy (non-hydrogen) atoms. The van der Waals surface area contributed by atoms with E-state index in [-0.39, 0.29) is 21.7 Å². The third kappa shape index (κ3) is 7.59. The fourth-order valence-corrected chi connectivity index (χ4v) is 8.37. The summed E-state index contributed by atoms with van der Waals surface area (Å²) in [5.74, 6) is 0. The van der Waals surface area contributed by atoms with Crippen LogP contribution >= 0.6 is 0 Å². The molecule has 0 N–H and O–H groups in total. The molecule has 0 aliphatic heterocycles. The van der Waals surface area contributed by atoms with Gasteiger partial charge in [0.25, 0.3) is 0 Å². The third-order valence-corrected chi connectivity index (χ3v) is 11.1. The second kappa shape index (κ2) is 14.3. The largest absolute Gasteiger partial charge is 0.310 e. The average molecular weight is 737 g/mol. The van der Waals surface area contributed by atoms with Gasteiger partial charge in [-0.15, -0.1) is 0 Å². The Morgan fingerprint density at radius 1 is 0.268 bits per heavy atom. The van der Waals surface area contributed by atoms with E-state index in [1.54, 1.807) is 0 Å². The van der Waals surface area contributed by atoms with Crippen molar-refractivity contribution in [2.75, 3.05) is 9.80 Å². The Bertz CT molecular complexity index is 2300. The summed E-state index contributed by atoms with van der Waals surface area (Å²) in [5.41, 5.74) is 12.2. The van der Waals surface area contributed by atoms with Crippen LogP contribution in [-0.4, -0.2) is 0 Å². The van der Waals surface area contributed by atoms with Gasteiger partial charge in [-0.05, 0) is 138 Å². The minimum Gasteiger partial charge on any atom is -0.310 e. The van der Waals surface area contributed by atoms with Crippen LogP contribution in [-0.2, 0) is 21.7 Å². The predicted octanol–water partition coefficient (Wildman–Crippen LogP) is 16.1. The first kappa shape index (κ1) is 38.9. The van der Waals surface area contributed by atoms with Crippen LogP contribution in [0, 0.1) is 0 Å². The highest BCUT2D eigenvalue weighted by Crippen LogP contribution is 2.48. The molecular weight excluding hydrogens is 677 g/mol. The topological polar surface area (TPSA) is 6.48 Å². The molecule has 2 nitrogen and oxygen atoms in total. The Balaban J connectivity index is 1.52. The average Bonchev–Trinajstić information content (AvgIpc) is 3.13. The van der Waals surface area contributed by atoms with Crippen LogP contribution in [0.25, 0.3) is 21.5 Å². The molecule has 0 heterocycles. The Morgan fingerprint density at radius 3 is 0.857 bits per heavy atom. The van der Waals surface area contributed by atoms with Crippen LogP contribution in [0.3, 0.4) is 0 Å². The predicted molar refractivity (Wildman–Crippen MR) is 246 cm³/mol. The van der Waals surface area contributed by atoms with E-state index >= 15 is 0 Å². The molecule has 0 bridgehead atoms. The molecule has 0 radical (unpaired) electrons. The number of fused-ring (bicyclic) bond motifs is 2. The van der Waals surface area contributed by atoms with Gasteiger partial charge in [-0.3, -0.25) is 0 Å². The van der Waals surface area contributed by atoms with Crippen molar-refractivity contribution in [1.29, 1.82) is 0 Å². The van der Waals surface area contributed by atoms with Crippen LogP contribution in [0.4, 0.5) is 34.1 Å². The van der Waals surface area contributed by atoms with E-state index in [1.165, 1.54) is 43.8 Å². The van der Waals surface area contributed by atoms with Gasteiger partial charge in [0.15, 0.2) is 0 Å². The molecule has 0 unspecified atom stereocenters. The minimum atomic E-state index is -0.151. The molecule has 0 fully saturated rings. The molecule has 0 spiro atoms. The van der Waals surface area contributed by atoms with E-state index in [0.717, 1.165) is 34.1 Å². The van der Waals surface area contributed by atoms with Crippen molar-refractivity contribution >= 4 is 55.7 Å². The number of hydrogen-bond donors (Lipinski definition) is 0. The fraction of sp³-hybridized carbons (Fsp3) is 0.296. The minimum absolute atomic E-state index is 0.0793. The highest BCUT2D eigenvalue weighted by molar-refractivity contribution is 6.09. The Labute approximate surface area is 336 Å². The summed E-state index contributed by atoms with van der Waals surface area (Å²) in [6.45, 7) is 27.9. The van der Waals surface area contributed by atoms with Gasteiger partial charge in [-0.25, -0.2) is 0 Å². The Morgan fingerprint density at radius 2 is 0.554 bits per heavy atom. The summed E-state index contributed by atoms with van der Waals surface area (Å²) in [7, 11) is 0. The number of nitrogens with zero attached hydrogens (tertiary/aromatic N) is 2. The van der Waals surface area contributed by atoms with E-state index in [1.807, 2.05) is 0 Å². The van der Waals surface area contributed by atoms with Crippen LogP contribution in [0.5, 0.6) is 0 Å². The molecule has 7 aromatic carbocycles. The standard InChI is InChI=1S/C54H60N2/c1-51(2,3)37-23-27-41(28-24-37)55(39-19-15-13-16-20-39)43-31-33-45-47(35-43)50(54(10,11)12)48-36-44(32-34-46(48)49(45)53(7,8)9)56(40-21-17-14-18-22-40)42-29-25-38(26-30-42)52(4,5)6/h13-36H,1-12H3. The van der Waals surface area contributed by atoms with E-state index in [0.29, 0.717) is 0 Å². The van der Waals surface area contributed by atoms with Gasteiger partial charge in [0.05, 0.1) is 0 Å². The Hall–Kier alpha value is -5.34. The van der Waals surface area contributed by atoms with Crippen LogP contribution < -0.4 is 9.80 Å². The van der Waals surface area contributed by atoms with Gasteiger partial charge >= 0.3 is 0 Å². The second-order valence-corrected chi connectivity index (χ2v) is 19.6. The Kier molecular flexibility index (Phi) is 9.94. The first-order valence-corrected chi connectivity index (χ1v) is 20.3. The number of hydrogen-bond acceptors (Lipinski definition) is 2. The summed E-state index contributed by atoms with van der Waals surface area (Å²) < 4.78 is 0. The number of benzene rings is 7. The smallest absolute Gasteiger partial charge is 0.0468 e. The number of rotatable bonds is 6. The van der Waals surface area contributed by atoms with Crippen molar-refractivity contribution in [2.24, 2.45) is 0 Å². The van der Waals surface area contributed by atoms with Gasteiger partial charge in [0, 0.05) is 34.1 Å². The molecule has 0 aliphatic carbocycles. The lowest BCUT2D eigenvalue weighted by atomic mass is 9.74. The number of para-hydroxylation sites is 2. The molecule has 0 atom stereocenters. The lowest BCUT2D eigenvalue weighted by molar-refractivity contribution is 0.590. The molecular formula is C54H60N2. The summed E-state index contributed by atoms with van der Waals surface area (Å²) >= 11 is 0. The van der Waals surface area contributed by atoms with Crippen molar-refractivity contribution in [1.82, 2.24) is 0 Å². The van der Waals surface area contributed by atoms with Crippen LogP contribution in [0.1, 0.15) is 105 Å². The highest BCUT2D eigenvalue weighted by atomic mass is 15.1.